The number of benzene rings is 4. The van der Waals surface area contributed by atoms with E-state index in [1.807, 2.05) is 11.3 Å². The normalized spacial score (nSPS) is 11.8. The van der Waals surface area contributed by atoms with E-state index in [1.54, 1.807) is 12.7 Å². The second-order valence-corrected chi connectivity index (χ2v) is 9.41. The highest BCUT2D eigenvalue weighted by Gasteiger charge is 2.16. The monoisotopic (exact) mass is 442 g/mol. The van der Waals surface area contributed by atoms with Crippen LogP contribution in [-0.4, -0.2) is 19.5 Å². The third-order valence-corrected chi connectivity index (χ3v) is 7.44. The molecule has 0 spiro atoms. The van der Waals surface area contributed by atoms with Gasteiger partial charge in [0.05, 0.1) is 11.0 Å². The van der Waals surface area contributed by atoms with Gasteiger partial charge in [-0.25, -0.2) is 15.0 Å². The summed E-state index contributed by atoms with van der Waals surface area (Å²) in [6.07, 6.45) is 3.09. The molecule has 7 rings (SSSR count). The Morgan fingerprint density at radius 3 is 2.30 bits per heavy atom. The predicted octanol–water partition coefficient (Wildman–Crippen LogP) is 7.31. The van der Waals surface area contributed by atoms with Crippen LogP contribution < -0.4 is 0 Å². The molecule has 3 aromatic heterocycles. The molecule has 0 N–H and O–H groups in total. The van der Waals surface area contributed by atoms with E-state index in [9.17, 15) is 0 Å². The largest absolute Gasteiger partial charge is 0.309 e. The minimum Gasteiger partial charge on any atom is -0.309 e. The second kappa shape index (κ2) is 6.95. The summed E-state index contributed by atoms with van der Waals surface area (Å²) in [5.41, 5.74) is 5.91. The van der Waals surface area contributed by atoms with E-state index in [4.69, 9.17) is 0 Å². The van der Waals surface area contributed by atoms with Gasteiger partial charge in [0.1, 0.15) is 12.7 Å². The molecule has 0 fully saturated rings. The van der Waals surface area contributed by atoms with Gasteiger partial charge in [-0.05, 0) is 55.5 Å². The SMILES string of the molecule is Cc1ccc(-n2c3ccccc3c3cc4c(cc32)sc2ccc(-c3ncncn3)cc24)cc1. The van der Waals surface area contributed by atoms with Crippen molar-refractivity contribution in [2.45, 2.75) is 6.92 Å². The fraction of sp³-hybridized carbons (Fsp3) is 0.0357. The van der Waals surface area contributed by atoms with Gasteiger partial charge < -0.3 is 4.57 Å². The number of aryl methyl sites for hydroxylation is 1. The van der Waals surface area contributed by atoms with Gasteiger partial charge in [-0.15, -0.1) is 11.3 Å². The first kappa shape index (κ1) is 18.5. The molecule has 0 bridgehead atoms. The number of para-hydroxylation sites is 1. The van der Waals surface area contributed by atoms with Crippen molar-refractivity contribution < 1.29 is 0 Å². The quantitative estimate of drug-likeness (QED) is 0.282. The lowest BCUT2D eigenvalue weighted by Crippen LogP contribution is -1.93. The predicted molar refractivity (Wildman–Crippen MR) is 137 cm³/mol. The summed E-state index contributed by atoms with van der Waals surface area (Å²) in [7, 11) is 0. The minimum absolute atomic E-state index is 0.698. The van der Waals surface area contributed by atoms with Gasteiger partial charge in [-0.3, -0.25) is 0 Å². The molecule has 5 heteroatoms. The van der Waals surface area contributed by atoms with Crippen molar-refractivity contribution in [3.63, 3.8) is 0 Å². The maximum absolute atomic E-state index is 4.33. The molecule has 0 atom stereocenters. The first-order valence-corrected chi connectivity index (χ1v) is 11.7. The molecule has 4 aromatic carbocycles. The van der Waals surface area contributed by atoms with Crippen molar-refractivity contribution in [3.05, 3.63) is 97.1 Å². The lowest BCUT2D eigenvalue weighted by molar-refractivity contribution is 1.06. The van der Waals surface area contributed by atoms with Crippen molar-refractivity contribution in [1.82, 2.24) is 19.5 Å². The molecule has 4 nitrogen and oxygen atoms in total. The highest BCUT2D eigenvalue weighted by molar-refractivity contribution is 7.25. The molecule has 0 unspecified atom stereocenters. The smallest absolute Gasteiger partial charge is 0.162 e. The second-order valence-electron chi connectivity index (χ2n) is 8.33. The Balaban J connectivity index is 1.56. The lowest BCUT2D eigenvalue weighted by Gasteiger charge is -2.08. The van der Waals surface area contributed by atoms with Gasteiger partial charge in [0.2, 0.25) is 0 Å². The summed E-state index contributed by atoms with van der Waals surface area (Å²) in [5.74, 6) is 0.698. The van der Waals surface area contributed by atoms with Crippen molar-refractivity contribution in [2.24, 2.45) is 0 Å². The Morgan fingerprint density at radius 1 is 0.667 bits per heavy atom. The molecule has 0 radical (unpaired) electrons. The molecular formula is C28H18N4S. The Bertz CT molecular complexity index is 1810. The fourth-order valence-corrected chi connectivity index (χ4v) is 5.84. The van der Waals surface area contributed by atoms with Crippen LogP contribution in [0.3, 0.4) is 0 Å². The summed E-state index contributed by atoms with van der Waals surface area (Å²) in [6.45, 7) is 2.13. The van der Waals surface area contributed by atoms with Gasteiger partial charge >= 0.3 is 0 Å². The molecule has 156 valence electrons. The van der Waals surface area contributed by atoms with Crippen LogP contribution >= 0.6 is 11.3 Å². The zero-order valence-electron chi connectivity index (χ0n) is 17.9. The summed E-state index contributed by atoms with van der Waals surface area (Å²) < 4.78 is 4.92. The van der Waals surface area contributed by atoms with E-state index < -0.39 is 0 Å². The van der Waals surface area contributed by atoms with Crippen LogP contribution in [0.4, 0.5) is 0 Å². The first-order valence-electron chi connectivity index (χ1n) is 10.9. The van der Waals surface area contributed by atoms with Crippen molar-refractivity contribution >= 4 is 53.3 Å². The minimum atomic E-state index is 0.698. The Morgan fingerprint density at radius 2 is 1.45 bits per heavy atom. The zero-order valence-corrected chi connectivity index (χ0v) is 18.7. The highest BCUT2D eigenvalue weighted by atomic mass is 32.1. The van der Waals surface area contributed by atoms with Crippen molar-refractivity contribution in [2.75, 3.05) is 0 Å². The standard InChI is InChI=1S/C28H18N4S/c1-17-6-9-19(10-7-17)32-24-5-3-2-4-20(24)21-13-23-22-12-18(28-30-15-29-16-31-28)8-11-26(22)33-27(23)14-25(21)32/h2-16H,1H3. The number of hydrogen-bond donors (Lipinski definition) is 0. The molecule has 0 saturated heterocycles. The van der Waals surface area contributed by atoms with E-state index in [1.165, 1.54) is 53.2 Å². The number of fused-ring (bicyclic) bond motifs is 6. The van der Waals surface area contributed by atoms with E-state index in [0.29, 0.717) is 5.82 Å². The lowest BCUT2D eigenvalue weighted by atomic mass is 10.1. The van der Waals surface area contributed by atoms with Crippen molar-refractivity contribution in [3.8, 4) is 17.1 Å². The number of hydrogen-bond acceptors (Lipinski definition) is 4. The molecule has 0 saturated carbocycles. The summed E-state index contributed by atoms with van der Waals surface area (Å²) >= 11 is 1.83. The van der Waals surface area contributed by atoms with Crippen LogP contribution in [0.25, 0.3) is 59.1 Å². The molecule has 7 aromatic rings. The van der Waals surface area contributed by atoms with Crippen LogP contribution in [-0.2, 0) is 0 Å². The molecule has 0 aliphatic carbocycles. The van der Waals surface area contributed by atoms with Crippen molar-refractivity contribution in [1.29, 1.82) is 0 Å². The summed E-state index contributed by atoms with van der Waals surface area (Å²) in [4.78, 5) is 12.6. The maximum Gasteiger partial charge on any atom is 0.162 e. The van der Waals surface area contributed by atoms with E-state index in [-0.39, 0.29) is 0 Å². The molecule has 0 aliphatic rings. The summed E-state index contributed by atoms with van der Waals surface area (Å²) in [6, 6.07) is 28.6. The van der Waals surface area contributed by atoms with Gasteiger partial charge in [-0.1, -0.05) is 35.9 Å². The van der Waals surface area contributed by atoms with Gasteiger partial charge in [0.25, 0.3) is 0 Å². The first-order chi connectivity index (χ1) is 16.3. The third kappa shape index (κ3) is 2.79. The van der Waals surface area contributed by atoms with Gasteiger partial charge in [0.15, 0.2) is 5.82 Å². The van der Waals surface area contributed by atoms with Gasteiger partial charge in [-0.2, -0.15) is 0 Å². The molecule has 0 aliphatic heterocycles. The zero-order chi connectivity index (χ0) is 21.9. The van der Waals surface area contributed by atoms with Crippen LogP contribution in [0.2, 0.25) is 0 Å². The Labute approximate surface area is 193 Å². The molecule has 0 amide bonds. The molecule has 3 heterocycles. The Kier molecular flexibility index (Phi) is 3.89. The van der Waals surface area contributed by atoms with Crippen LogP contribution in [0.5, 0.6) is 0 Å². The van der Waals surface area contributed by atoms with Gasteiger partial charge in [0, 0.05) is 42.2 Å². The van der Waals surface area contributed by atoms with E-state index in [0.717, 1.165) is 5.56 Å². The van der Waals surface area contributed by atoms with Crippen LogP contribution in [0.15, 0.2) is 91.5 Å². The average Bonchev–Trinajstić information content (AvgIpc) is 3.38. The summed E-state index contributed by atoms with van der Waals surface area (Å²) in [5, 5.41) is 5.04. The maximum atomic E-state index is 4.33. The average molecular weight is 443 g/mol. The fourth-order valence-electron chi connectivity index (χ4n) is 4.74. The highest BCUT2D eigenvalue weighted by Crippen LogP contribution is 2.41. The topological polar surface area (TPSA) is 43.6 Å². The Hall–Kier alpha value is -4.09. The third-order valence-electron chi connectivity index (χ3n) is 6.31. The molecule has 33 heavy (non-hydrogen) atoms. The van der Waals surface area contributed by atoms with Crippen LogP contribution in [0.1, 0.15) is 5.56 Å². The van der Waals surface area contributed by atoms with E-state index >= 15 is 0 Å². The number of nitrogens with zero attached hydrogens (tertiary/aromatic N) is 4. The van der Waals surface area contributed by atoms with E-state index in [2.05, 4.69) is 105 Å². The van der Waals surface area contributed by atoms with Crippen LogP contribution in [0, 0.1) is 6.92 Å². The number of thiophene rings is 1. The number of rotatable bonds is 2. The molecular weight excluding hydrogens is 424 g/mol. The number of aromatic nitrogens is 4.